The lowest BCUT2D eigenvalue weighted by Crippen LogP contribution is -2.30. The highest BCUT2D eigenvalue weighted by Crippen LogP contribution is 2.26. The monoisotopic (exact) mass is 292 g/mol. The molecule has 1 aliphatic rings. The van der Waals surface area contributed by atoms with Crippen LogP contribution in [0.1, 0.15) is 50.9 Å². The number of carbonyl (C=O) groups is 1. The second-order valence-corrected chi connectivity index (χ2v) is 5.45. The van der Waals surface area contributed by atoms with Gasteiger partial charge in [0.05, 0.1) is 24.4 Å². The van der Waals surface area contributed by atoms with Gasteiger partial charge in [-0.3, -0.25) is 4.79 Å². The van der Waals surface area contributed by atoms with Crippen LogP contribution >= 0.6 is 0 Å². The van der Waals surface area contributed by atoms with Crippen LogP contribution in [0.2, 0.25) is 0 Å². The molecule has 0 aromatic carbocycles. The predicted molar refractivity (Wildman–Crippen MR) is 80.0 cm³/mol. The molecule has 2 rings (SSSR count). The molecule has 1 N–H and O–H groups in total. The first-order valence-electron chi connectivity index (χ1n) is 7.74. The smallest absolute Gasteiger partial charge is 0.308 e. The standard InChI is InChI=1S/C15H24N4O2/c1-4-12-13(5-2)18-19-15(17-12)16-11-8-6-10(7-9-11)14(20)21-3/h10-11H,4-9H2,1-3H3,(H,16,17,19). The molecule has 0 radical (unpaired) electrons. The SMILES string of the molecule is CCc1nnc(NC2CCC(C(=O)OC)CC2)nc1CC. The Hall–Kier alpha value is -1.72. The van der Waals surface area contributed by atoms with Gasteiger partial charge in [0.15, 0.2) is 0 Å². The van der Waals surface area contributed by atoms with Gasteiger partial charge in [-0.25, -0.2) is 4.98 Å². The zero-order valence-electron chi connectivity index (χ0n) is 13.1. The highest BCUT2D eigenvalue weighted by molar-refractivity contribution is 5.72. The maximum Gasteiger partial charge on any atom is 0.308 e. The molecule has 1 saturated carbocycles. The Labute approximate surface area is 125 Å². The van der Waals surface area contributed by atoms with Crippen molar-refractivity contribution >= 4 is 11.9 Å². The van der Waals surface area contributed by atoms with Crippen molar-refractivity contribution in [1.29, 1.82) is 0 Å². The van der Waals surface area contributed by atoms with Crippen molar-refractivity contribution in [3.8, 4) is 0 Å². The number of aryl methyl sites for hydroxylation is 2. The van der Waals surface area contributed by atoms with Crippen LogP contribution in [0.25, 0.3) is 0 Å². The lowest BCUT2D eigenvalue weighted by Gasteiger charge is -2.27. The third-order valence-electron chi connectivity index (χ3n) is 4.10. The molecule has 0 spiro atoms. The number of rotatable bonds is 5. The van der Waals surface area contributed by atoms with Crippen LogP contribution in [0.15, 0.2) is 0 Å². The van der Waals surface area contributed by atoms with E-state index in [0.717, 1.165) is 49.9 Å². The van der Waals surface area contributed by atoms with Gasteiger partial charge in [0.2, 0.25) is 5.95 Å². The molecule has 0 amide bonds. The molecule has 1 aliphatic carbocycles. The zero-order chi connectivity index (χ0) is 15.2. The minimum Gasteiger partial charge on any atom is -0.469 e. The van der Waals surface area contributed by atoms with E-state index in [-0.39, 0.29) is 11.9 Å². The van der Waals surface area contributed by atoms with Crippen LogP contribution in [-0.2, 0) is 22.4 Å². The van der Waals surface area contributed by atoms with Crippen molar-refractivity contribution in [1.82, 2.24) is 15.2 Å². The van der Waals surface area contributed by atoms with Gasteiger partial charge >= 0.3 is 5.97 Å². The number of nitrogens with one attached hydrogen (secondary N) is 1. The molecule has 116 valence electrons. The summed E-state index contributed by atoms with van der Waals surface area (Å²) in [6.07, 6.45) is 5.28. The summed E-state index contributed by atoms with van der Waals surface area (Å²) in [5.41, 5.74) is 1.98. The number of esters is 1. The van der Waals surface area contributed by atoms with Crippen molar-refractivity contribution in [2.75, 3.05) is 12.4 Å². The Bertz CT molecular complexity index is 485. The fourth-order valence-corrected chi connectivity index (χ4v) is 2.82. The van der Waals surface area contributed by atoms with Gasteiger partial charge in [-0.2, -0.15) is 5.10 Å². The van der Waals surface area contributed by atoms with Gasteiger partial charge in [-0.15, -0.1) is 5.10 Å². The molecule has 1 fully saturated rings. The average Bonchev–Trinajstić information content (AvgIpc) is 2.54. The van der Waals surface area contributed by atoms with E-state index < -0.39 is 0 Å². The summed E-state index contributed by atoms with van der Waals surface area (Å²) in [4.78, 5) is 16.1. The first kappa shape index (κ1) is 15.7. The quantitative estimate of drug-likeness (QED) is 0.838. The van der Waals surface area contributed by atoms with Crippen LogP contribution in [-0.4, -0.2) is 34.3 Å². The highest BCUT2D eigenvalue weighted by atomic mass is 16.5. The van der Waals surface area contributed by atoms with Gasteiger partial charge in [-0.1, -0.05) is 13.8 Å². The molecule has 0 unspecified atom stereocenters. The largest absolute Gasteiger partial charge is 0.469 e. The Morgan fingerprint density at radius 2 is 1.81 bits per heavy atom. The molecule has 21 heavy (non-hydrogen) atoms. The summed E-state index contributed by atoms with van der Waals surface area (Å²) in [6, 6.07) is 0.310. The molecule has 0 atom stereocenters. The zero-order valence-corrected chi connectivity index (χ0v) is 13.1. The molecule has 1 aromatic heterocycles. The summed E-state index contributed by atoms with van der Waals surface area (Å²) in [6.45, 7) is 4.14. The summed E-state index contributed by atoms with van der Waals surface area (Å²) in [7, 11) is 1.45. The minimum absolute atomic E-state index is 0.0424. The summed E-state index contributed by atoms with van der Waals surface area (Å²) < 4.78 is 4.80. The van der Waals surface area contributed by atoms with Crippen LogP contribution in [0.5, 0.6) is 0 Å². The van der Waals surface area contributed by atoms with Gasteiger partial charge < -0.3 is 10.1 Å². The topological polar surface area (TPSA) is 77.0 Å². The molecule has 6 heteroatoms. The maximum atomic E-state index is 11.5. The number of hydrogen-bond donors (Lipinski definition) is 1. The second-order valence-electron chi connectivity index (χ2n) is 5.45. The number of nitrogens with zero attached hydrogens (tertiary/aromatic N) is 3. The molecule has 0 bridgehead atoms. The average molecular weight is 292 g/mol. The van der Waals surface area contributed by atoms with Gasteiger partial charge in [-0.05, 0) is 38.5 Å². The first-order valence-corrected chi connectivity index (χ1v) is 7.74. The van der Waals surface area contributed by atoms with E-state index in [2.05, 4.69) is 34.3 Å². The Morgan fingerprint density at radius 3 is 2.38 bits per heavy atom. The Morgan fingerprint density at radius 1 is 1.14 bits per heavy atom. The third kappa shape index (κ3) is 3.89. The van der Waals surface area contributed by atoms with Crippen molar-refractivity contribution in [3.63, 3.8) is 0 Å². The predicted octanol–water partition coefficient (Wildman–Crippen LogP) is 2.14. The fourth-order valence-electron chi connectivity index (χ4n) is 2.82. The first-order chi connectivity index (χ1) is 10.2. The van der Waals surface area contributed by atoms with Gasteiger partial charge in [0.1, 0.15) is 0 Å². The Balaban J connectivity index is 1.93. The normalized spacial score (nSPS) is 21.9. The summed E-state index contributed by atoms with van der Waals surface area (Å²) in [5, 5.41) is 11.7. The van der Waals surface area contributed by atoms with Crippen LogP contribution < -0.4 is 5.32 Å². The van der Waals surface area contributed by atoms with Gasteiger partial charge in [0, 0.05) is 6.04 Å². The van der Waals surface area contributed by atoms with Crippen LogP contribution in [0.4, 0.5) is 5.95 Å². The third-order valence-corrected chi connectivity index (χ3v) is 4.10. The number of anilines is 1. The van der Waals surface area contributed by atoms with Crippen LogP contribution in [0.3, 0.4) is 0 Å². The number of methoxy groups -OCH3 is 1. The fraction of sp³-hybridized carbons (Fsp3) is 0.733. The lowest BCUT2D eigenvalue weighted by atomic mass is 9.86. The number of hydrogen-bond acceptors (Lipinski definition) is 6. The van der Waals surface area contributed by atoms with E-state index in [1.807, 2.05) is 0 Å². The van der Waals surface area contributed by atoms with E-state index in [1.165, 1.54) is 7.11 Å². The Kier molecular flexibility index (Phi) is 5.47. The molecule has 0 aliphatic heterocycles. The molecular formula is C15H24N4O2. The highest BCUT2D eigenvalue weighted by Gasteiger charge is 2.27. The molecule has 1 heterocycles. The molecule has 0 saturated heterocycles. The number of carbonyl (C=O) groups excluding carboxylic acids is 1. The van der Waals surface area contributed by atoms with Crippen molar-refractivity contribution in [2.24, 2.45) is 5.92 Å². The minimum atomic E-state index is -0.0908. The van der Waals surface area contributed by atoms with Crippen molar-refractivity contribution < 1.29 is 9.53 Å². The summed E-state index contributed by atoms with van der Waals surface area (Å²) >= 11 is 0. The van der Waals surface area contributed by atoms with E-state index in [0.29, 0.717) is 12.0 Å². The number of ether oxygens (including phenoxy) is 1. The second kappa shape index (κ2) is 7.33. The molecular weight excluding hydrogens is 268 g/mol. The van der Waals surface area contributed by atoms with E-state index in [9.17, 15) is 4.79 Å². The number of aromatic nitrogens is 3. The van der Waals surface area contributed by atoms with E-state index in [4.69, 9.17) is 4.74 Å². The van der Waals surface area contributed by atoms with Crippen molar-refractivity contribution in [3.05, 3.63) is 11.4 Å². The van der Waals surface area contributed by atoms with E-state index >= 15 is 0 Å². The molecule has 6 nitrogen and oxygen atoms in total. The molecule has 1 aromatic rings. The van der Waals surface area contributed by atoms with Crippen LogP contribution in [0, 0.1) is 5.92 Å². The lowest BCUT2D eigenvalue weighted by molar-refractivity contribution is -0.146. The maximum absolute atomic E-state index is 11.5. The van der Waals surface area contributed by atoms with Crippen molar-refractivity contribution in [2.45, 2.75) is 58.4 Å². The van der Waals surface area contributed by atoms with Gasteiger partial charge in [0.25, 0.3) is 0 Å². The summed E-state index contributed by atoms with van der Waals surface area (Å²) in [5.74, 6) is 0.554. The van der Waals surface area contributed by atoms with E-state index in [1.54, 1.807) is 0 Å².